The van der Waals surface area contributed by atoms with Gasteiger partial charge in [-0.1, -0.05) is 53.7 Å². The van der Waals surface area contributed by atoms with Gasteiger partial charge < -0.3 is 14.2 Å². The monoisotopic (exact) mass is 426 g/mol. The summed E-state index contributed by atoms with van der Waals surface area (Å²) < 4.78 is 11.8. The molecule has 0 aliphatic carbocycles. The summed E-state index contributed by atoms with van der Waals surface area (Å²) in [5, 5.41) is 4.11. The van der Waals surface area contributed by atoms with Gasteiger partial charge in [0.25, 0.3) is 5.89 Å². The molecule has 1 amide bonds. The van der Waals surface area contributed by atoms with E-state index >= 15 is 0 Å². The fraction of sp³-hybridized carbons (Fsp3) is 0.200. The fourth-order valence-electron chi connectivity index (χ4n) is 3.80. The molecule has 1 saturated heterocycles. The molecule has 160 valence electrons. The summed E-state index contributed by atoms with van der Waals surface area (Å²) in [5.74, 6) is 1.69. The lowest BCUT2D eigenvalue weighted by atomic mass is 10.2. The third-order valence-electron chi connectivity index (χ3n) is 5.44. The van der Waals surface area contributed by atoms with E-state index in [0.29, 0.717) is 37.0 Å². The Morgan fingerprint density at radius 2 is 1.91 bits per heavy atom. The van der Waals surface area contributed by atoms with Gasteiger partial charge >= 0.3 is 0 Å². The van der Waals surface area contributed by atoms with Gasteiger partial charge in [-0.25, -0.2) is 0 Å². The van der Waals surface area contributed by atoms with Crippen molar-refractivity contribution in [1.82, 2.24) is 20.0 Å². The quantitative estimate of drug-likeness (QED) is 0.463. The molecule has 5 rings (SSSR count). The van der Waals surface area contributed by atoms with Crippen LogP contribution in [0.3, 0.4) is 0 Å². The summed E-state index contributed by atoms with van der Waals surface area (Å²) in [6.07, 6.45) is 4.46. The predicted molar refractivity (Wildman–Crippen MR) is 119 cm³/mol. The molecule has 3 heterocycles. The fourth-order valence-corrected chi connectivity index (χ4v) is 3.80. The number of para-hydroxylation sites is 1. The molecule has 2 aromatic heterocycles. The van der Waals surface area contributed by atoms with Crippen LogP contribution in [0.25, 0.3) is 22.8 Å². The highest BCUT2D eigenvalue weighted by molar-refractivity contribution is 5.79. The number of aromatic nitrogens is 3. The summed E-state index contributed by atoms with van der Waals surface area (Å²) in [5.41, 5.74) is 2.54. The molecule has 7 nitrogen and oxygen atoms in total. The lowest BCUT2D eigenvalue weighted by Gasteiger charge is -2.18. The van der Waals surface area contributed by atoms with Crippen LogP contribution in [0.1, 0.15) is 12.0 Å². The van der Waals surface area contributed by atoms with Crippen molar-refractivity contribution in [2.24, 2.45) is 0 Å². The van der Waals surface area contributed by atoms with E-state index in [2.05, 4.69) is 15.1 Å². The summed E-state index contributed by atoms with van der Waals surface area (Å²) in [4.78, 5) is 23.1. The molecule has 1 fully saturated rings. The number of benzene rings is 2. The topological polar surface area (TPSA) is 81.4 Å². The molecule has 0 spiro atoms. The second-order valence-corrected chi connectivity index (χ2v) is 7.69. The smallest absolute Gasteiger partial charge is 0.262 e. The lowest BCUT2D eigenvalue weighted by molar-refractivity contribution is -0.129. The van der Waals surface area contributed by atoms with E-state index in [9.17, 15) is 4.79 Å². The zero-order valence-corrected chi connectivity index (χ0v) is 17.4. The number of pyridine rings is 1. The van der Waals surface area contributed by atoms with Gasteiger partial charge in [-0.15, -0.1) is 0 Å². The van der Waals surface area contributed by atoms with E-state index in [1.165, 1.54) is 0 Å². The maximum absolute atomic E-state index is 12.6. The Balaban J connectivity index is 1.27. The number of likely N-dealkylation sites (tertiary alicyclic amines) is 1. The zero-order valence-electron chi connectivity index (χ0n) is 17.4. The molecule has 32 heavy (non-hydrogen) atoms. The maximum Gasteiger partial charge on any atom is 0.262 e. The van der Waals surface area contributed by atoms with Crippen LogP contribution in [-0.4, -0.2) is 45.1 Å². The first-order valence-electron chi connectivity index (χ1n) is 10.6. The lowest BCUT2D eigenvalue weighted by Crippen LogP contribution is -2.32. The molecule has 7 heteroatoms. The van der Waals surface area contributed by atoms with Gasteiger partial charge in [0.1, 0.15) is 11.9 Å². The second kappa shape index (κ2) is 9.01. The number of hydrogen-bond donors (Lipinski definition) is 0. The minimum absolute atomic E-state index is 0.0850. The first-order valence-corrected chi connectivity index (χ1v) is 10.6. The second-order valence-electron chi connectivity index (χ2n) is 7.69. The van der Waals surface area contributed by atoms with Gasteiger partial charge in [-0.05, 0) is 23.8 Å². The van der Waals surface area contributed by atoms with Gasteiger partial charge in [0.2, 0.25) is 11.7 Å². The SMILES string of the molecule is O=C(Cc1cccnc1)N1CCC(Oc2ccccc2-c2nc(-c3ccccc3)no2)C1. The predicted octanol–water partition coefficient (Wildman–Crippen LogP) is 4.02. The van der Waals surface area contributed by atoms with Crippen LogP contribution in [0.5, 0.6) is 5.75 Å². The number of hydrogen-bond acceptors (Lipinski definition) is 6. The van der Waals surface area contributed by atoms with Crippen molar-refractivity contribution in [3.63, 3.8) is 0 Å². The average Bonchev–Trinajstić information content (AvgIpc) is 3.51. The van der Waals surface area contributed by atoms with Gasteiger partial charge in [0.05, 0.1) is 18.5 Å². The third kappa shape index (κ3) is 4.37. The van der Waals surface area contributed by atoms with E-state index in [1.807, 2.05) is 71.6 Å². The van der Waals surface area contributed by atoms with E-state index in [1.54, 1.807) is 12.4 Å². The van der Waals surface area contributed by atoms with Crippen LogP contribution >= 0.6 is 0 Å². The van der Waals surface area contributed by atoms with Crippen molar-refractivity contribution in [2.45, 2.75) is 18.9 Å². The molecule has 1 unspecified atom stereocenters. The van der Waals surface area contributed by atoms with Crippen LogP contribution in [0.4, 0.5) is 0 Å². The first-order chi connectivity index (χ1) is 15.8. The Bertz CT molecular complexity index is 1190. The van der Waals surface area contributed by atoms with Crippen molar-refractivity contribution < 1.29 is 14.1 Å². The largest absolute Gasteiger partial charge is 0.488 e. The van der Waals surface area contributed by atoms with Crippen molar-refractivity contribution in [1.29, 1.82) is 0 Å². The Morgan fingerprint density at radius 1 is 1.06 bits per heavy atom. The van der Waals surface area contributed by atoms with Crippen molar-refractivity contribution >= 4 is 5.91 Å². The molecule has 2 aromatic carbocycles. The standard InChI is InChI=1S/C25H22N4O3/c30-23(15-18-7-6-13-26-16-18)29-14-12-20(17-29)31-22-11-5-4-10-21(22)25-27-24(28-32-25)19-8-2-1-3-9-19/h1-11,13,16,20H,12,14-15,17H2. The number of carbonyl (C=O) groups is 1. The van der Waals surface area contributed by atoms with Crippen LogP contribution in [0.2, 0.25) is 0 Å². The summed E-state index contributed by atoms with van der Waals surface area (Å²) in [6.45, 7) is 1.22. The van der Waals surface area contributed by atoms with E-state index in [4.69, 9.17) is 9.26 Å². The Morgan fingerprint density at radius 3 is 2.75 bits per heavy atom. The Labute approximate surface area is 185 Å². The molecular formula is C25H22N4O3. The molecule has 4 aromatic rings. The van der Waals surface area contributed by atoms with E-state index in [0.717, 1.165) is 23.1 Å². The molecule has 0 saturated carbocycles. The highest BCUT2D eigenvalue weighted by atomic mass is 16.5. The molecule has 0 radical (unpaired) electrons. The number of carbonyl (C=O) groups excluding carboxylic acids is 1. The molecule has 0 N–H and O–H groups in total. The van der Waals surface area contributed by atoms with Gasteiger partial charge in [-0.2, -0.15) is 4.98 Å². The zero-order chi connectivity index (χ0) is 21.8. The number of ether oxygens (including phenoxy) is 1. The van der Waals surface area contributed by atoms with Crippen molar-refractivity contribution in [3.8, 4) is 28.6 Å². The minimum atomic E-state index is -0.0921. The van der Waals surface area contributed by atoms with Crippen LogP contribution in [0.15, 0.2) is 83.6 Å². The van der Waals surface area contributed by atoms with Crippen molar-refractivity contribution in [3.05, 3.63) is 84.7 Å². The summed E-state index contributed by atoms with van der Waals surface area (Å²) >= 11 is 0. The molecule has 0 bridgehead atoms. The van der Waals surface area contributed by atoms with Crippen LogP contribution in [0, 0.1) is 0 Å². The van der Waals surface area contributed by atoms with Crippen LogP contribution in [-0.2, 0) is 11.2 Å². The average molecular weight is 426 g/mol. The van der Waals surface area contributed by atoms with E-state index < -0.39 is 0 Å². The highest BCUT2D eigenvalue weighted by Gasteiger charge is 2.28. The first kappa shape index (κ1) is 19.9. The molecule has 1 atom stereocenters. The van der Waals surface area contributed by atoms with Crippen LogP contribution < -0.4 is 4.74 Å². The third-order valence-corrected chi connectivity index (χ3v) is 5.44. The Kier molecular flexibility index (Phi) is 5.61. The van der Waals surface area contributed by atoms with Crippen molar-refractivity contribution in [2.75, 3.05) is 13.1 Å². The summed E-state index contributed by atoms with van der Waals surface area (Å²) in [7, 11) is 0. The van der Waals surface area contributed by atoms with Gasteiger partial charge in [0, 0.05) is 30.9 Å². The highest BCUT2D eigenvalue weighted by Crippen LogP contribution is 2.32. The van der Waals surface area contributed by atoms with E-state index in [-0.39, 0.29) is 12.0 Å². The van der Waals surface area contributed by atoms with Gasteiger partial charge in [-0.3, -0.25) is 9.78 Å². The number of nitrogens with zero attached hydrogens (tertiary/aromatic N) is 4. The number of rotatable bonds is 6. The molecular weight excluding hydrogens is 404 g/mol. The number of amides is 1. The van der Waals surface area contributed by atoms with Gasteiger partial charge in [0.15, 0.2) is 0 Å². The minimum Gasteiger partial charge on any atom is -0.488 e. The Hall–Kier alpha value is -4.00. The molecule has 1 aliphatic heterocycles. The molecule has 1 aliphatic rings. The normalized spacial score (nSPS) is 15.6. The maximum atomic E-state index is 12.6. The summed E-state index contributed by atoms with van der Waals surface area (Å²) in [6, 6.07) is 21.1.